The third-order valence-corrected chi connectivity index (χ3v) is 7.61. The van der Waals surface area contributed by atoms with Gasteiger partial charge < -0.3 is 10.1 Å². The molecule has 132 valence electrons. The van der Waals surface area contributed by atoms with Crippen molar-refractivity contribution in [2.45, 2.75) is 68.7 Å². The first-order valence-corrected chi connectivity index (χ1v) is 11.2. The van der Waals surface area contributed by atoms with Gasteiger partial charge in [-0.25, -0.2) is 8.42 Å². The number of ether oxygens (including phenoxy) is 1. The van der Waals surface area contributed by atoms with Gasteiger partial charge in [0.15, 0.2) is 0 Å². The molecule has 2 heterocycles. The van der Waals surface area contributed by atoms with Crippen LogP contribution >= 0.6 is 0 Å². The smallest absolute Gasteiger partial charge is 0.150 e. The Labute approximate surface area is 141 Å². The SMILES string of the molecule is CS(=O)(=O)C1CCC(C2CCCC(/C=C/C3CCOC3)N2)CC1. The van der Waals surface area contributed by atoms with E-state index in [9.17, 15) is 8.42 Å². The van der Waals surface area contributed by atoms with Crippen LogP contribution in [0.15, 0.2) is 12.2 Å². The van der Waals surface area contributed by atoms with Gasteiger partial charge in [-0.1, -0.05) is 18.6 Å². The molecule has 4 nitrogen and oxygen atoms in total. The Balaban J connectivity index is 1.49. The third-order valence-electron chi connectivity index (χ3n) is 5.93. The number of sulfone groups is 1. The molecule has 3 rings (SSSR count). The fourth-order valence-corrected chi connectivity index (χ4v) is 5.57. The largest absolute Gasteiger partial charge is 0.381 e. The molecule has 1 saturated carbocycles. The predicted molar refractivity (Wildman–Crippen MR) is 93.2 cm³/mol. The van der Waals surface area contributed by atoms with Crippen LogP contribution in [-0.2, 0) is 14.6 Å². The predicted octanol–water partition coefficient (Wildman–Crippen LogP) is 2.69. The number of rotatable bonds is 4. The maximum Gasteiger partial charge on any atom is 0.150 e. The van der Waals surface area contributed by atoms with Gasteiger partial charge in [0.2, 0.25) is 0 Å². The molecule has 3 atom stereocenters. The zero-order valence-corrected chi connectivity index (χ0v) is 15.1. The summed E-state index contributed by atoms with van der Waals surface area (Å²) >= 11 is 0. The molecular formula is C18H31NO3S. The Morgan fingerprint density at radius 3 is 2.43 bits per heavy atom. The summed E-state index contributed by atoms with van der Waals surface area (Å²) < 4.78 is 28.8. The molecule has 2 aliphatic heterocycles. The minimum atomic E-state index is -2.85. The van der Waals surface area contributed by atoms with Crippen LogP contribution in [-0.4, -0.2) is 45.2 Å². The second-order valence-electron chi connectivity index (χ2n) is 7.69. The maximum atomic E-state index is 11.7. The lowest BCUT2D eigenvalue weighted by Gasteiger charge is -2.38. The van der Waals surface area contributed by atoms with Gasteiger partial charge in [0, 0.05) is 30.9 Å². The van der Waals surface area contributed by atoms with Gasteiger partial charge >= 0.3 is 0 Å². The first-order chi connectivity index (χ1) is 11.0. The normalized spacial score (nSPS) is 39.8. The van der Waals surface area contributed by atoms with Crippen molar-refractivity contribution < 1.29 is 13.2 Å². The Kier molecular flexibility index (Phi) is 5.81. The van der Waals surface area contributed by atoms with Gasteiger partial charge in [-0.3, -0.25) is 0 Å². The summed E-state index contributed by atoms with van der Waals surface area (Å²) in [6.45, 7) is 1.78. The van der Waals surface area contributed by atoms with Crippen LogP contribution in [0.2, 0.25) is 0 Å². The zero-order valence-electron chi connectivity index (χ0n) is 14.2. The minimum Gasteiger partial charge on any atom is -0.381 e. The molecule has 23 heavy (non-hydrogen) atoms. The highest BCUT2D eigenvalue weighted by atomic mass is 32.2. The summed E-state index contributed by atoms with van der Waals surface area (Å²) in [7, 11) is -2.85. The van der Waals surface area contributed by atoms with E-state index in [1.807, 2.05) is 0 Å². The highest BCUT2D eigenvalue weighted by Gasteiger charge is 2.33. The molecule has 0 aromatic heterocycles. The molecule has 0 bridgehead atoms. The molecule has 1 aliphatic carbocycles. The molecule has 5 heteroatoms. The monoisotopic (exact) mass is 341 g/mol. The summed E-state index contributed by atoms with van der Waals surface area (Å²) in [5.74, 6) is 1.25. The molecule has 0 aromatic carbocycles. The van der Waals surface area contributed by atoms with E-state index in [0.29, 0.717) is 23.9 Å². The van der Waals surface area contributed by atoms with E-state index in [1.165, 1.54) is 25.5 Å². The van der Waals surface area contributed by atoms with Gasteiger partial charge in [0.1, 0.15) is 9.84 Å². The Hall–Kier alpha value is -0.390. The third kappa shape index (κ3) is 4.80. The molecule has 3 aliphatic rings. The summed E-state index contributed by atoms with van der Waals surface area (Å²) in [4.78, 5) is 0. The summed E-state index contributed by atoms with van der Waals surface area (Å²) in [5, 5.41) is 3.73. The molecule has 0 radical (unpaired) electrons. The van der Waals surface area contributed by atoms with Crippen LogP contribution in [0.25, 0.3) is 0 Å². The fourth-order valence-electron chi connectivity index (χ4n) is 4.44. The average Bonchev–Trinajstić information content (AvgIpc) is 3.06. The highest BCUT2D eigenvalue weighted by molar-refractivity contribution is 7.91. The molecule has 1 N–H and O–H groups in total. The summed E-state index contributed by atoms with van der Waals surface area (Å²) in [5.41, 5.74) is 0. The van der Waals surface area contributed by atoms with Crippen LogP contribution in [0.5, 0.6) is 0 Å². The minimum absolute atomic E-state index is 0.0969. The lowest BCUT2D eigenvalue weighted by atomic mass is 9.79. The van der Waals surface area contributed by atoms with E-state index in [-0.39, 0.29) is 5.25 Å². The first kappa shape index (κ1) is 17.4. The van der Waals surface area contributed by atoms with Crippen molar-refractivity contribution >= 4 is 9.84 Å². The molecule has 0 spiro atoms. The van der Waals surface area contributed by atoms with Crippen molar-refractivity contribution in [3.63, 3.8) is 0 Å². The number of piperidine rings is 1. The van der Waals surface area contributed by atoms with E-state index in [1.54, 1.807) is 0 Å². The van der Waals surface area contributed by atoms with Gasteiger partial charge in [-0.2, -0.15) is 0 Å². The summed E-state index contributed by atoms with van der Waals surface area (Å²) in [6.07, 6.45) is 14.8. The van der Waals surface area contributed by atoms with Crippen molar-refractivity contribution in [1.82, 2.24) is 5.32 Å². The van der Waals surface area contributed by atoms with Crippen molar-refractivity contribution in [2.75, 3.05) is 19.5 Å². The first-order valence-electron chi connectivity index (χ1n) is 9.23. The van der Waals surface area contributed by atoms with E-state index in [4.69, 9.17) is 4.74 Å². The standard InChI is InChI=1S/C18H31NO3S/c1-23(20,21)17-9-6-15(7-10-17)18-4-2-3-16(19-18)8-5-14-11-12-22-13-14/h5,8,14-19H,2-4,6-7,9-13H2,1H3/b8-5+. The van der Waals surface area contributed by atoms with Gasteiger partial charge in [0.05, 0.1) is 11.9 Å². The number of hydrogen-bond acceptors (Lipinski definition) is 4. The van der Waals surface area contributed by atoms with Crippen molar-refractivity contribution in [2.24, 2.45) is 11.8 Å². The van der Waals surface area contributed by atoms with Crippen LogP contribution < -0.4 is 5.32 Å². The van der Waals surface area contributed by atoms with Gasteiger partial charge in [-0.15, -0.1) is 0 Å². The molecule has 0 aromatic rings. The number of nitrogens with one attached hydrogen (secondary N) is 1. The summed E-state index contributed by atoms with van der Waals surface area (Å²) in [6, 6.07) is 1.06. The second-order valence-corrected chi connectivity index (χ2v) is 10.0. The van der Waals surface area contributed by atoms with E-state index < -0.39 is 9.84 Å². The lowest BCUT2D eigenvalue weighted by molar-refractivity contribution is 0.191. The second kappa shape index (κ2) is 7.66. The Morgan fingerprint density at radius 2 is 1.78 bits per heavy atom. The molecule has 0 amide bonds. The topological polar surface area (TPSA) is 55.4 Å². The molecular weight excluding hydrogens is 310 g/mol. The van der Waals surface area contributed by atoms with Gasteiger partial charge in [0.25, 0.3) is 0 Å². The van der Waals surface area contributed by atoms with Crippen LogP contribution in [0.1, 0.15) is 51.4 Å². The van der Waals surface area contributed by atoms with Crippen LogP contribution in [0, 0.1) is 11.8 Å². The maximum absolute atomic E-state index is 11.7. The van der Waals surface area contributed by atoms with E-state index in [2.05, 4.69) is 17.5 Å². The van der Waals surface area contributed by atoms with Crippen molar-refractivity contribution in [1.29, 1.82) is 0 Å². The molecule has 3 fully saturated rings. The highest BCUT2D eigenvalue weighted by Crippen LogP contribution is 2.33. The fraction of sp³-hybridized carbons (Fsp3) is 0.889. The quantitative estimate of drug-likeness (QED) is 0.799. The van der Waals surface area contributed by atoms with Crippen molar-refractivity contribution in [3.05, 3.63) is 12.2 Å². The lowest BCUT2D eigenvalue weighted by Crippen LogP contribution is -2.47. The Bertz CT molecular complexity index is 502. The number of hydrogen-bond donors (Lipinski definition) is 1. The van der Waals surface area contributed by atoms with Gasteiger partial charge in [-0.05, 0) is 50.9 Å². The van der Waals surface area contributed by atoms with E-state index >= 15 is 0 Å². The zero-order chi connectivity index (χ0) is 16.3. The van der Waals surface area contributed by atoms with Crippen molar-refractivity contribution in [3.8, 4) is 0 Å². The average molecular weight is 342 g/mol. The Morgan fingerprint density at radius 1 is 1.00 bits per heavy atom. The molecule has 3 unspecified atom stereocenters. The van der Waals surface area contributed by atoms with Crippen LogP contribution in [0.3, 0.4) is 0 Å². The molecule has 2 saturated heterocycles. The van der Waals surface area contributed by atoms with E-state index in [0.717, 1.165) is 45.3 Å². The van der Waals surface area contributed by atoms with Crippen LogP contribution in [0.4, 0.5) is 0 Å².